The van der Waals surface area contributed by atoms with E-state index in [0.29, 0.717) is 18.9 Å². The van der Waals surface area contributed by atoms with Crippen LogP contribution in [0.2, 0.25) is 0 Å². The fraction of sp³-hybridized carbons (Fsp3) is 0.364. The molecule has 2 aromatic carbocycles. The molecule has 0 aromatic heterocycles. The molecule has 0 saturated carbocycles. The van der Waals surface area contributed by atoms with E-state index in [2.05, 4.69) is 39.5 Å². The molecule has 1 amide bonds. The number of guanidine groups is 1. The van der Waals surface area contributed by atoms with Gasteiger partial charge in [-0.15, -0.1) is 24.0 Å². The Hall–Kier alpha value is -2.16. The number of hydrogen-bond acceptors (Lipinski definition) is 2. The van der Waals surface area contributed by atoms with Crippen molar-refractivity contribution in [2.75, 3.05) is 26.7 Å². The van der Waals surface area contributed by atoms with Crippen molar-refractivity contribution in [1.82, 2.24) is 10.2 Å². The Morgan fingerprint density at radius 3 is 2.55 bits per heavy atom. The van der Waals surface area contributed by atoms with Gasteiger partial charge in [-0.3, -0.25) is 9.79 Å². The van der Waals surface area contributed by atoms with Gasteiger partial charge in [0.2, 0.25) is 5.91 Å². The average Bonchev–Trinajstić information content (AvgIpc) is 3.19. The third-order valence-corrected chi connectivity index (χ3v) is 5.27. The lowest BCUT2D eigenvalue weighted by molar-refractivity contribution is -0.121. The number of carbonyl (C=O) groups is 1. The van der Waals surface area contributed by atoms with Crippen molar-refractivity contribution in [2.24, 2.45) is 16.6 Å². The van der Waals surface area contributed by atoms with E-state index in [9.17, 15) is 9.18 Å². The summed E-state index contributed by atoms with van der Waals surface area (Å²) < 4.78 is 13.1. The maximum atomic E-state index is 13.1. The first kappa shape index (κ1) is 23.1. The predicted molar refractivity (Wildman–Crippen MR) is 125 cm³/mol. The van der Waals surface area contributed by atoms with Gasteiger partial charge in [0.25, 0.3) is 0 Å². The van der Waals surface area contributed by atoms with Crippen LogP contribution in [0.5, 0.6) is 0 Å². The quantitative estimate of drug-likeness (QED) is 0.357. The molecule has 29 heavy (non-hydrogen) atoms. The van der Waals surface area contributed by atoms with E-state index in [0.717, 1.165) is 31.0 Å². The summed E-state index contributed by atoms with van der Waals surface area (Å²) in [6.45, 7) is 2.20. The molecule has 3 N–H and O–H groups in total. The molecule has 1 heterocycles. The van der Waals surface area contributed by atoms with Gasteiger partial charge >= 0.3 is 0 Å². The summed E-state index contributed by atoms with van der Waals surface area (Å²) >= 11 is 0. The van der Waals surface area contributed by atoms with Gasteiger partial charge in [-0.05, 0) is 36.1 Å². The molecule has 0 radical (unpaired) electrons. The summed E-state index contributed by atoms with van der Waals surface area (Å²) in [4.78, 5) is 18.5. The van der Waals surface area contributed by atoms with Crippen LogP contribution in [0.4, 0.5) is 4.39 Å². The molecule has 2 atom stereocenters. The number of halogens is 2. The zero-order valence-electron chi connectivity index (χ0n) is 16.6. The molecular formula is C22H28FIN4O. The highest BCUT2D eigenvalue weighted by Gasteiger charge is 2.26. The van der Waals surface area contributed by atoms with Gasteiger partial charge in [-0.1, -0.05) is 42.5 Å². The highest BCUT2D eigenvalue weighted by molar-refractivity contribution is 14.0. The van der Waals surface area contributed by atoms with Crippen molar-refractivity contribution < 1.29 is 9.18 Å². The number of benzene rings is 2. The van der Waals surface area contributed by atoms with Crippen LogP contribution in [0.3, 0.4) is 0 Å². The first-order valence-corrected chi connectivity index (χ1v) is 9.61. The fourth-order valence-electron chi connectivity index (χ4n) is 3.68. The number of nitrogens with one attached hydrogen (secondary N) is 1. The van der Waals surface area contributed by atoms with E-state index in [1.807, 2.05) is 6.07 Å². The Morgan fingerprint density at radius 1 is 1.24 bits per heavy atom. The first-order valence-electron chi connectivity index (χ1n) is 9.61. The smallest absolute Gasteiger partial charge is 0.222 e. The molecule has 0 aliphatic carbocycles. The third kappa shape index (κ3) is 6.42. The van der Waals surface area contributed by atoms with Gasteiger partial charge in [0.15, 0.2) is 5.96 Å². The van der Waals surface area contributed by atoms with Crippen molar-refractivity contribution in [3.63, 3.8) is 0 Å². The Morgan fingerprint density at radius 2 is 1.93 bits per heavy atom. The number of aliphatic imine (C=N–C) groups is 1. The SMILES string of the molecule is CN=C(NCC(Cc1ccc(F)cc1)C(N)=O)N1CCC(c2ccccc2)C1.I. The lowest BCUT2D eigenvalue weighted by Crippen LogP contribution is -2.44. The van der Waals surface area contributed by atoms with Gasteiger partial charge in [0, 0.05) is 32.6 Å². The minimum absolute atomic E-state index is 0. The summed E-state index contributed by atoms with van der Waals surface area (Å²) in [5.74, 6) is 0.195. The Labute approximate surface area is 188 Å². The minimum Gasteiger partial charge on any atom is -0.369 e. The Bertz CT molecular complexity index is 813. The van der Waals surface area contributed by atoms with Crippen LogP contribution in [0.25, 0.3) is 0 Å². The molecule has 1 saturated heterocycles. The molecule has 0 spiro atoms. The van der Waals surface area contributed by atoms with Gasteiger partial charge in [0.1, 0.15) is 5.82 Å². The molecule has 1 aliphatic rings. The second-order valence-corrected chi connectivity index (χ2v) is 7.20. The minimum atomic E-state index is -0.394. The van der Waals surface area contributed by atoms with Crippen LogP contribution in [0.1, 0.15) is 23.5 Å². The normalized spacial score (nSPS) is 17.5. The molecule has 3 rings (SSSR count). The number of hydrogen-bond donors (Lipinski definition) is 2. The Kier molecular flexibility index (Phi) is 8.88. The van der Waals surface area contributed by atoms with Gasteiger partial charge in [0.05, 0.1) is 5.92 Å². The molecule has 2 unspecified atom stereocenters. The van der Waals surface area contributed by atoms with Gasteiger partial charge in [-0.2, -0.15) is 0 Å². The van der Waals surface area contributed by atoms with E-state index in [-0.39, 0.29) is 35.7 Å². The highest BCUT2D eigenvalue weighted by Crippen LogP contribution is 2.26. The number of nitrogens with zero attached hydrogens (tertiary/aromatic N) is 2. The topological polar surface area (TPSA) is 70.7 Å². The molecule has 1 aliphatic heterocycles. The predicted octanol–water partition coefficient (Wildman–Crippen LogP) is 3.15. The van der Waals surface area contributed by atoms with Crippen LogP contribution >= 0.6 is 24.0 Å². The number of carbonyl (C=O) groups excluding carboxylic acids is 1. The summed E-state index contributed by atoms with van der Waals surface area (Å²) in [6, 6.07) is 16.7. The molecule has 7 heteroatoms. The molecule has 1 fully saturated rings. The third-order valence-electron chi connectivity index (χ3n) is 5.27. The zero-order chi connectivity index (χ0) is 19.9. The van der Waals surface area contributed by atoms with Crippen LogP contribution < -0.4 is 11.1 Å². The maximum Gasteiger partial charge on any atom is 0.222 e. The summed E-state index contributed by atoms with van der Waals surface area (Å²) in [5.41, 5.74) is 7.81. The standard InChI is InChI=1S/C22H27FN4O.HI/c1-25-22(27-12-11-18(15-27)17-5-3-2-4-6-17)26-14-19(21(24)28)13-16-7-9-20(23)10-8-16;/h2-10,18-19H,11-15H2,1H3,(H2,24,28)(H,25,26);1H. The fourth-order valence-corrected chi connectivity index (χ4v) is 3.68. The maximum absolute atomic E-state index is 13.1. The highest BCUT2D eigenvalue weighted by atomic mass is 127. The lowest BCUT2D eigenvalue weighted by atomic mass is 9.98. The average molecular weight is 510 g/mol. The van der Waals surface area contributed by atoms with Crippen molar-refractivity contribution >= 4 is 35.8 Å². The number of amides is 1. The molecular weight excluding hydrogens is 482 g/mol. The molecule has 156 valence electrons. The van der Waals surface area contributed by atoms with Crippen molar-refractivity contribution in [3.8, 4) is 0 Å². The number of likely N-dealkylation sites (tertiary alicyclic amines) is 1. The Balaban J connectivity index is 0.00000300. The van der Waals surface area contributed by atoms with Crippen LogP contribution in [0, 0.1) is 11.7 Å². The number of rotatable bonds is 6. The summed E-state index contributed by atoms with van der Waals surface area (Å²) in [6.07, 6.45) is 1.53. The zero-order valence-corrected chi connectivity index (χ0v) is 18.9. The van der Waals surface area contributed by atoms with Gasteiger partial charge in [-0.25, -0.2) is 4.39 Å². The monoisotopic (exact) mass is 510 g/mol. The van der Waals surface area contributed by atoms with E-state index in [1.54, 1.807) is 19.2 Å². The lowest BCUT2D eigenvalue weighted by Gasteiger charge is -2.24. The van der Waals surface area contributed by atoms with Crippen molar-refractivity contribution in [3.05, 3.63) is 71.5 Å². The molecule has 2 aromatic rings. The van der Waals surface area contributed by atoms with Gasteiger partial charge < -0.3 is 16.0 Å². The second-order valence-electron chi connectivity index (χ2n) is 7.20. The van der Waals surface area contributed by atoms with E-state index in [4.69, 9.17) is 5.73 Å². The van der Waals surface area contributed by atoms with Crippen LogP contribution in [-0.4, -0.2) is 43.4 Å². The first-order chi connectivity index (χ1) is 13.6. The largest absolute Gasteiger partial charge is 0.369 e. The van der Waals surface area contributed by atoms with Crippen LogP contribution in [0.15, 0.2) is 59.6 Å². The summed E-state index contributed by atoms with van der Waals surface area (Å²) in [7, 11) is 1.75. The van der Waals surface area contributed by atoms with E-state index < -0.39 is 5.92 Å². The second kappa shape index (κ2) is 11.1. The number of nitrogens with two attached hydrogens (primary N) is 1. The molecule has 0 bridgehead atoms. The van der Waals surface area contributed by atoms with E-state index >= 15 is 0 Å². The van der Waals surface area contributed by atoms with E-state index in [1.165, 1.54) is 17.7 Å². The number of primary amides is 1. The molecule has 5 nitrogen and oxygen atoms in total. The van der Waals surface area contributed by atoms with Crippen molar-refractivity contribution in [2.45, 2.75) is 18.8 Å². The summed E-state index contributed by atoms with van der Waals surface area (Å²) in [5, 5.41) is 3.30. The van der Waals surface area contributed by atoms with Crippen LogP contribution in [-0.2, 0) is 11.2 Å². The van der Waals surface area contributed by atoms with Crippen molar-refractivity contribution in [1.29, 1.82) is 0 Å².